The van der Waals surface area contributed by atoms with Gasteiger partial charge >= 0.3 is 0 Å². The Morgan fingerprint density at radius 3 is 2.53 bits per heavy atom. The summed E-state index contributed by atoms with van der Waals surface area (Å²) < 4.78 is 13.4. The van der Waals surface area contributed by atoms with Crippen LogP contribution in [0.25, 0.3) is 0 Å². The first-order valence-corrected chi connectivity index (χ1v) is 6.86. The van der Waals surface area contributed by atoms with Crippen molar-refractivity contribution in [2.75, 3.05) is 5.32 Å². The third-order valence-electron chi connectivity index (χ3n) is 3.38. The molecular weight excluding hydrogens is 335 g/mol. The van der Waals surface area contributed by atoms with E-state index in [1.165, 1.54) is 12.1 Å². The summed E-state index contributed by atoms with van der Waals surface area (Å²) in [6.45, 7) is 0. The number of carbonyl (C=O) groups excluding carboxylic acids is 1. The summed E-state index contributed by atoms with van der Waals surface area (Å²) in [6.07, 6.45) is 4.52. The molecule has 0 aliphatic heterocycles. The normalized spacial score (nSPS) is 17.4. The maximum atomic E-state index is 13.1. The fourth-order valence-electron chi connectivity index (χ4n) is 2.24. The van der Waals surface area contributed by atoms with Gasteiger partial charge in [-0.2, -0.15) is 0 Å². The minimum atomic E-state index is -0.779. The SMILES string of the molecule is Cl.NC1(C(=O)Nc2ccc(F)c(Br)c2)CCCCC1. The van der Waals surface area contributed by atoms with E-state index >= 15 is 0 Å². The van der Waals surface area contributed by atoms with Crippen molar-refractivity contribution >= 4 is 39.9 Å². The molecule has 0 radical (unpaired) electrons. The molecule has 0 spiro atoms. The van der Waals surface area contributed by atoms with Crippen LogP contribution in [-0.4, -0.2) is 11.4 Å². The van der Waals surface area contributed by atoms with Crippen LogP contribution in [0.2, 0.25) is 0 Å². The molecule has 0 atom stereocenters. The molecule has 1 fully saturated rings. The molecule has 1 aliphatic rings. The molecule has 0 unspecified atom stereocenters. The Bertz CT molecular complexity index is 464. The van der Waals surface area contributed by atoms with Gasteiger partial charge in [-0.15, -0.1) is 12.4 Å². The fraction of sp³-hybridized carbons (Fsp3) is 0.462. The van der Waals surface area contributed by atoms with Crippen LogP contribution >= 0.6 is 28.3 Å². The maximum absolute atomic E-state index is 13.1. The van der Waals surface area contributed by atoms with Crippen molar-refractivity contribution in [3.05, 3.63) is 28.5 Å². The van der Waals surface area contributed by atoms with Gasteiger partial charge in [-0.1, -0.05) is 19.3 Å². The van der Waals surface area contributed by atoms with Crippen molar-refractivity contribution in [3.63, 3.8) is 0 Å². The summed E-state index contributed by atoms with van der Waals surface area (Å²) >= 11 is 3.09. The van der Waals surface area contributed by atoms with Gasteiger partial charge in [0.25, 0.3) is 0 Å². The van der Waals surface area contributed by atoms with E-state index in [9.17, 15) is 9.18 Å². The van der Waals surface area contributed by atoms with Crippen molar-refractivity contribution in [1.29, 1.82) is 0 Å². The van der Waals surface area contributed by atoms with Gasteiger partial charge in [0.2, 0.25) is 5.91 Å². The van der Waals surface area contributed by atoms with E-state index in [0.29, 0.717) is 23.0 Å². The molecule has 2 rings (SSSR count). The van der Waals surface area contributed by atoms with Gasteiger partial charge in [-0.3, -0.25) is 4.79 Å². The van der Waals surface area contributed by atoms with Crippen LogP contribution in [0.5, 0.6) is 0 Å². The Balaban J connectivity index is 0.00000180. The second-order valence-electron chi connectivity index (χ2n) is 4.80. The summed E-state index contributed by atoms with van der Waals surface area (Å²) in [7, 11) is 0. The first-order chi connectivity index (χ1) is 8.51. The topological polar surface area (TPSA) is 55.1 Å². The number of anilines is 1. The molecule has 1 amide bonds. The highest BCUT2D eigenvalue weighted by Crippen LogP contribution is 2.28. The summed E-state index contributed by atoms with van der Waals surface area (Å²) in [4.78, 5) is 12.1. The summed E-state index contributed by atoms with van der Waals surface area (Å²) in [6, 6.07) is 4.38. The quantitative estimate of drug-likeness (QED) is 0.855. The zero-order chi connectivity index (χ0) is 13.2. The largest absolute Gasteiger partial charge is 0.324 e. The molecule has 0 bridgehead atoms. The summed E-state index contributed by atoms with van der Waals surface area (Å²) in [5, 5.41) is 2.76. The monoisotopic (exact) mass is 350 g/mol. The maximum Gasteiger partial charge on any atom is 0.244 e. The molecule has 106 valence electrons. The standard InChI is InChI=1S/C13H16BrFN2O.ClH/c14-10-8-9(4-5-11(10)15)17-12(18)13(16)6-2-1-3-7-13;/h4-5,8H,1-3,6-7,16H2,(H,17,18);1H. The number of carbonyl (C=O) groups is 1. The molecule has 1 saturated carbocycles. The van der Waals surface area contributed by atoms with Crippen molar-refractivity contribution in [1.82, 2.24) is 0 Å². The molecule has 3 nitrogen and oxygen atoms in total. The molecule has 1 aromatic rings. The summed E-state index contributed by atoms with van der Waals surface area (Å²) in [5.41, 5.74) is 5.90. The van der Waals surface area contributed by atoms with Crippen molar-refractivity contribution in [2.45, 2.75) is 37.6 Å². The second kappa shape index (κ2) is 6.68. The van der Waals surface area contributed by atoms with E-state index in [1.807, 2.05) is 0 Å². The minimum absolute atomic E-state index is 0. The van der Waals surface area contributed by atoms with Gasteiger partial charge in [-0.25, -0.2) is 4.39 Å². The third-order valence-corrected chi connectivity index (χ3v) is 3.98. The highest BCUT2D eigenvalue weighted by atomic mass is 79.9. The zero-order valence-electron chi connectivity index (χ0n) is 10.4. The summed E-state index contributed by atoms with van der Waals surface area (Å²) in [5.74, 6) is -0.533. The minimum Gasteiger partial charge on any atom is -0.324 e. The molecule has 0 aromatic heterocycles. The van der Waals surface area contributed by atoms with Gasteiger partial charge in [0, 0.05) is 5.69 Å². The third kappa shape index (κ3) is 3.91. The molecule has 3 N–H and O–H groups in total. The van der Waals surface area contributed by atoms with Gasteiger partial charge in [0.15, 0.2) is 0 Å². The van der Waals surface area contributed by atoms with E-state index in [2.05, 4.69) is 21.2 Å². The lowest BCUT2D eigenvalue weighted by Gasteiger charge is -2.31. The average Bonchev–Trinajstić information content (AvgIpc) is 2.35. The van der Waals surface area contributed by atoms with Gasteiger partial charge < -0.3 is 11.1 Å². The predicted molar refractivity (Wildman–Crippen MR) is 80.0 cm³/mol. The number of hydrogen-bond donors (Lipinski definition) is 2. The number of amides is 1. The zero-order valence-corrected chi connectivity index (χ0v) is 12.8. The second-order valence-corrected chi connectivity index (χ2v) is 5.65. The fourth-order valence-corrected chi connectivity index (χ4v) is 2.62. The van der Waals surface area contributed by atoms with Gasteiger partial charge in [-0.05, 0) is 47.0 Å². The lowest BCUT2D eigenvalue weighted by atomic mass is 9.82. The van der Waals surface area contributed by atoms with Crippen LogP contribution in [0.1, 0.15) is 32.1 Å². The van der Waals surface area contributed by atoms with Crippen LogP contribution in [0, 0.1) is 5.82 Å². The highest BCUT2D eigenvalue weighted by Gasteiger charge is 2.35. The van der Waals surface area contributed by atoms with E-state index < -0.39 is 5.54 Å². The van der Waals surface area contributed by atoms with Crippen LogP contribution in [-0.2, 0) is 4.79 Å². The Morgan fingerprint density at radius 1 is 1.32 bits per heavy atom. The van der Waals surface area contributed by atoms with Crippen molar-refractivity contribution in [3.8, 4) is 0 Å². The van der Waals surface area contributed by atoms with E-state index in [0.717, 1.165) is 19.3 Å². The Hall–Kier alpha value is -0.650. The Kier molecular flexibility index (Phi) is 5.77. The van der Waals surface area contributed by atoms with Crippen molar-refractivity contribution < 1.29 is 9.18 Å². The number of rotatable bonds is 2. The van der Waals surface area contributed by atoms with E-state index in [1.54, 1.807) is 6.07 Å². The number of nitrogens with one attached hydrogen (secondary N) is 1. The van der Waals surface area contributed by atoms with Gasteiger partial charge in [0.1, 0.15) is 5.82 Å². The van der Waals surface area contributed by atoms with Crippen LogP contribution in [0.3, 0.4) is 0 Å². The number of nitrogens with two attached hydrogens (primary N) is 1. The number of halogens is 3. The highest BCUT2D eigenvalue weighted by molar-refractivity contribution is 9.10. The van der Waals surface area contributed by atoms with Crippen LogP contribution in [0.15, 0.2) is 22.7 Å². The smallest absolute Gasteiger partial charge is 0.244 e. The van der Waals surface area contributed by atoms with E-state index in [4.69, 9.17) is 5.73 Å². The molecule has 1 aliphatic carbocycles. The first kappa shape index (κ1) is 16.4. The molecule has 6 heteroatoms. The molecular formula is C13H17BrClFN2O. The average molecular weight is 352 g/mol. The Labute approximate surface area is 126 Å². The Morgan fingerprint density at radius 2 is 1.95 bits per heavy atom. The first-order valence-electron chi connectivity index (χ1n) is 6.07. The molecule has 1 aromatic carbocycles. The number of hydrogen-bond acceptors (Lipinski definition) is 2. The van der Waals surface area contributed by atoms with Crippen LogP contribution in [0.4, 0.5) is 10.1 Å². The lowest BCUT2D eigenvalue weighted by molar-refractivity contribution is -0.122. The number of benzene rings is 1. The molecule has 19 heavy (non-hydrogen) atoms. The lowest BCUT2D eigenvalue weighted by Crippen LogP contribution is -2.52. The molecule has 0 saturated heterocycles. The van der Waals surface area contributed by atoms with Gasteiger partial charge in [0.05, 0.1) is 10.0 Å². The predicted octanol–water partition coefficient (Wildman–Crippen LogP) is 3.61. The van der Waals surface area contributed by atoms with E-state index in [-0.39, 0.29) is 24.1 Å². The molecule has 0 heterocycles. The van der Waals surface area contributed by atoms with Crippen LogP contribution < -0.4 is 11.1 Å². The van der Waals surface area contributed by atoms with Crippen molar-refractivity contribution in [2.24, 2.45) is 5.73 Å².